The van der Waals surface area contributed by atoms with E-state index in [9.17, 15) is 0 Å². The van der Waals surface area contributed by atoms with E-state index in [-0.39, 0.29) is 5.38 Å². The van der Waals surface area contributed by atoms with Gasteiger partial charge in [0.1, 0.15) is 0 Å². The van der Waals surface area contributed by atoms with E-state index in [4.69, 9.17) is 16.0 Å². The second-order valence-corrected chi connectivity index (χ2v) is 7.75. The van der Waals surface area contributed by atoms with Crippen molar-refractivity contribution < 1.29 is 4.43 Å². The molecule has 0 aromatic heterocycles. The van der Waals surface area contributed by atoms with Gasteiger partial charge in [-0.25, -0.2) is 0 Å². The molecule has 1 fully saturated rings. The predicted molar refractivity (Wildman–Crippen MR) is 71.7 cm³/mol. The third kappa shape index (κ3) is 3.93. The van der Waals surface area contributed by atoms with Gasteiger partial charge in [0.05, 0.1) is 0 Å². The Morgan fingerprint density at radius 3 is 2.75 bits per heavy atom. The van der Waals surface area contributed by atoms with Gasteiger partial charge in [-0.3, -0.25) is 0 Å². The van der Waals surface area contributed by atoms with Crippen LogP contribution in [0.2, 0.25) is 12.1 Å². The summed E-state index contributed by atoms with van der Waals surface area (Å²) >= 11 is 6.40. The van der Waals surface area contributed by atoms with E-state index in [2.05, 4.69) is 24.3 Å². The molecule has 3 heteroatoms. The number of rotatable bonds is 4. The molecule has 0 spiro atoms. The second kappa shape index (κ2) is 6.43. The van der Waals surface area contributed by atoms with Gasteiger partial charge in [-0.2, -0.15) is 0 Å². The standard InChI is InChI=1S/C13H19ClOSi/c14-13(10-12-6-2-1-3-7-12)11-16-9-5-4-8-15-16/h1-3,6-7,13,16H,4-5,8-11H2. The summed E-state index contributed by atoms with van der Waals surface area (Å²) in [5.74, 6) is 0. The average Bonchev–Trinajstić information content (AvgIpc) is 2.31. The molecular weight excluding hydrogens is 236 g/mol. The van der Waals surface area contributed by atoms with Crippen LogP contribution in [0.15, 0.2) is 30.3 Å². The van der Waals surface area contributed by atoms with Gasteiger partial charge in [0.25, 0.3) is 0 Å². The van der Waals surface area contributed by atoms with E-state index in [1.807, 2.05) is 6.07 Å². The fourth-order valence-corrected chi connectivity index (χ4v) is 5.53. The van der Waals surface area contributed by atoms with Crippen molar-refractivity contribution in [2.75, 3.05) is 6.61 Å². The molecule has 0 bridgehead atoms. The summed E-state index contributed by atoms with van der Waals surface area (Å²) in [5, 5.41) is 0.261. The SMILES string of the molecule is ClC(Cc1ccccc1)C[SiH]1CCCCO1. The molecule has 1 aliphatic heterocycles. The molecule has 1 heterocycles. The average molecular weight is 255 g/mol. The van der Waals surface area contributed by atoms with Crippen LogP contribution < -0.4 is 0 Å². The number of hydrogen-bond donors (Lipinski definition) is 0. The fraction of sp³-hybridized carbons (Fsp3) is 0.538. The van der Waals surface area contributed by atoms with Crippen molar-refractivity contribution in [1.82, 2.24) is 0 Å². The predicted octanol–water partition coefficient (Wildman–Crippen LogP) is 3.37. The van der Waals surface area contributed by atoms with E-state index >= 15 is 0 Å². The number of hydrogen-bond acceptors (Lipinski definition) is 1. The van der Waals surface area contributed by atoms with Crippen molar-refractivity contribution in [1.29, 1.82) is 0 Å². The van der Waals surface area contributed by atoms with Crippen molar-refractivity contribution in [3.8, 4) is 0 Å². The smallest absolute Gasteiger partial charge is 0.178 e. The molecule has 1 aromatic rings. The third-order valence-electron chi connectivity index (χ3n) is 3.09. The Balaban J connectivity index is 1.77. The largest absolute Gasteiger partial charge is 0.420 e. The number of benzene rings is 1. The lowest BCUT2D eigenvalue weighted by Gasteiger charge is -2.23. The molecule has 0 saturated carbocycles. The van der Waals surface area contributed by atoms with Crippen molar-refractivity contribution in [3.05, 3.63) is 35.9 Å². The second-order valence-electron chi connectivity index (χ2n) is 4.51. The molecule has 2 rings (SSSR count). The summed E-state index contributed by atoms with van der Waals surface area (Å²) in [5.41, 5.74) is 1.34. The molecule has 1 aromatic carbocycles. The molecule has 2 atom stereocenters. The molecule has 2 unspecified atom stereocenters. The molecule has 0 N–H and O–H groups in total. The summed E-state index contributed by atoms with van der Waals surface area (Å²) in [6.07, 6.45) is 3.58. The lowest BCUT2D eigenvalue weighted by atomic mass is 10.1. The Morgan fingerprint density at radius 2 is 2.06 bits per heavy atom. The normalized spacial score (nSPS) is 22.9. The first-order valence-electron chi connectivity index (χ1n) is 6.14. The molecule has 0 aliphatic carbocycles. The van der Waals surface area contributed by atoms with E-state index in [1.54, 1.807) is 0 Å². The summed E-state index contributed by atoms with van der Waals surface area (Å²) in [7, 11) is -0.957. The lowest BCUT2D eigenvalue weighted by molar-refractivity contribution is 0.286. The van der Waals surface area contributed by atoms with Crippen LogP contribution in [0, 0.1) is 0 Å². The zero-order chi connectivity index (χ0) is 11.2. The highest BCUT2D eigenvalue weighted by atomic mass is 35.5. The van der Waals surface area contributed by atoms with Crippen LogP contribution in [0.4, 0.5) is 0 Å². The summed E-state index contributed by atoms with van der Waals surface area (Å²) in [6, 6.07) is 12.9. The maximum absolute atomic E-state index is 6.40. The van der Waals surface area contributed by atoms with E-state index in [1.165, 1.54) is 24.4 Å². The minimum absolute atomic E-state index is 0.261. The quantitative estimate of drug-likeness (QED) is 0.591. The molecule has 1 nitrogen and oxygen atoms in total. The highest BCUT2D eigenvalue weighted by Gasteiger charge is 2.20. The van der Waals surface area contributed by atoms with Gasteiger partial charge in [0, 0.05) is 12.0 Å². The van der Waals surface area contributed by atoms with Crippen LogP contribution in [0.5, 0.6) is 0 Å². The van der Waals surface area contributed by atoms with Crippen LogP contribution in [0.3, 0.4) is 0 Å². The minimum atomic E-state index is -0.957. The summed E-state index contributed by atoms with van der Waals surface area (Å²) < 4.78 is 5.84. The first kappa shape index (κ1) is 12.2. The molecule has 16 heavy (non-hydrogen) atoms. The van der Waals surface area contributed by atoms with Gasteiger partial charge in [0.15, 0.2) is 9.04 Å². The van der Waals surface area contributed by atoms with E-state index in [0.717, 1.165) is 19.1 Å². The van der Waals surface area contributed by atoms with Gasteiger partial charge >= 0.3 is 0 Å². The first-order valence-corrected chi connectivity index (χ1v) is 8.68. The third-order valence-corrected chi connectivity index (χ3v) is 6.58. The Kier molecular flexibility index (Phi) is 4.88. The molecule has 1 saturated heterocycles. The van der Waals surface area contributed by atoms with Crippen molar-refractivity contribution >= 4 is 20.6 Å². The van der Waals surface area contributed by atoms with E-state index in [0.29, 0.717) is 0 Å². The van der Waals surface area contributed by atoms with Crippen molar-refractivity contribution in [2.45, 2.75) is 36.7 Å². The molecule has 0 amide bonds. The van der Waals surface area contributed by atoms with Crippen LogP contribution >= 0.6 is 11.6 Å². The van der Waals surface area contributed by atoms with Gasteiger partial charge in [0.2, 0.25) is 0 Å². The molecular formula is C13H19ClOSi. The van der Waals surface area contributed by atoms with Gasteiger partial charge < -0.3 is 4.43 Å². The Hall–Kier alpha value is -0.313. The Morgan fingerprint density at radius 1 is 1.25 bits per heavy atom. The monoisotopic (exact) mass is 254 g/mol. The van der Waals surface area contributed by atoms with Crippen LogP contribution in [-0.4, -0.2) is 21.0 Å². The van der Waals surface area contributed by atoms with Gasteiger partial charge in [-0.05, 0) is 30.5 Å². The Bertz CT molecular complexity index is 298. The van der Waals surface area contributed by atoms with Crippen molar-refractivity contribution in [3.63, 3.8) is 0 Å². The summed E-state index contributed by atoms with van der Waals surface area (Å²) in [4.78, 5) is 0. The van der Waals surface area contributed by atoms with E-state index < -0.39 is 9.04 Å². The molecule has 1 aliphatic rings. The van der Waals surface area contributed by atoms with Crippen LogP contribution in [-0.2, 0) is 10.8 Å². The topological polar surface area (TPSA) is 9.23 Å². The van der Waals surface area contributed by atoms with Gasteiger partial charge in [-0.1, -0.05) is 36.8 Å². The minimum Gasteiger partial charge on any atom is -0.420 e. The zero-order valence-corrected chi connectivity index (χ0v) is 11.5. The first-order chi connectivity index (χ1) is 7.84. The fourth-order valence-electron chi connectivity index (χ4n) is 2.23. The molecule has 88 valence electrons. The zero-order valence-electron chi connectivity index (χ0n) is 9.57. The maximum Gasteiger partial charge on any atom is 0.178 e. The molecule has 0 radical (unpaired) electrons. The highest BCUT2D eigenvalue weighted by molar-refractivity contribution is 6.53. The Labute approximate surface area is 104 Å². The highest BCUT2D eigenvalue weighted by Crippen LogP contribution is 2.20. The lowest BCUT2D eigenvalue weighted by Crippen LogP contribution is -2.26. The van der Waals surface area contributed by atoms with Crippen LogP contribution in [0.1, 0.15) is 18.4 Å². The van der Waals surface area contributed by atoms with Gasteiger partial charge in [-0.15, -0.1) is 11.6 Å². The maximum atomic E-state index is 6.40. The van der Waals surface area contributed by atoms with Crippen molar-refractivity contribution in [2.24, 2.45) is 0 Å². The number of alkyl halides is 1. The number of halogens is 1. The van der Waals surface area contributed by atoms with Crippen LogP contribution in [0.25, 0.3) is 0 Å². The summed E-state index contributed by atoms with van der Waals surface area (Å²) in [6.45, 7) is 0.978.